The van der Waals surface area contributed by atoms with Crippen molar-refractivity contribution in [2.75, 3.05) is 0 Å². The first-order valence-electron chi connectivity index (χ1n) is 1.37. The van der Waals surface area contributed by atoms with E-state index in [0.29, 0.717) is 0 Å². The topological polar surface area (TPSA) is 109 Å². The average Bonchev–Trinajstić information content (AvgIpc) is 1.14. The molecule has 0 saturated heterocycles. The van der Waals surface area contributed by atoms with Crippen molar-refractivity contribution >= 4 is 94.3 Å². The number of rotatable bonds is 2. The fourth-order valence-electron chi connectivity index (χ4n) is 0.109. The van der Waals surface area contributed by atoms with Crippen LogP contribution >= 0.6 is 0 Å². The second kappa shape index (κ2) is 14.8. The standard InChI is InChI=1S/Ag.Cu.Ga.In.Li.H2O6S2Se/c;;;;;1-7(2,3)9-8(4,5)6/h;;;;;(H,1,2,3)(H,4,5,6). The van der Waals surface area contributed by atoms with Crippen LogP contribution in [0, 0.1) is 0 Å². The molecule has 0 fully saturated rings. The van der Waals surface area contributed by atoms with Crippen LogP contribution in [0.5, 0.6) is 0 Å². The molecule has 0 aromatic heterocycles. The first-order valence-corrected chi connectivity index (χ1v) is 8.29. The predicted molar refractivity (Wildman–Crippen MR) is 46.1 cm³/mol. The van der Waals surface area contributed by atoms with Crippen LogP contribution in [-0.2, 0) is 56.5 Å². The largest absolute Gasteiger partial charge is 0 e. The van der Waals surface area contributed by atoms with Gasteiger partial charge in [0.25, 0.3) is 0 Å². The van der Waals surface area contributed by atoms with Crippen LogP contribution < -0.4 is 0 Å². The monoisotopic (exact) mass is 603 g/mol. The van der Waals surface area contributed by atoms with E-state index in [-0.39, 0.29) is 104 Å². The van der Waals surface area contributed by atoms with Gasteiger partial charge < -0.3 is 0 Å². The van der Waals surface area contributed by atoms with Crippen LogP contribution in [0.1, 0.15) is 0 Å². The molecule has 0 aromatic carbocycles. The van der Waals surface area contributed by atoms with E-state index in [1.807, 2.05) is 0 Å². The summed E-state index contributed by atoms with van der Waals surface area (Å²) in [4.78, 5) is 0. The first-order chi connectivity index (χ1) is 3.71. The number of hydrogen-bond acceptors (Lipinski definition) is 4. The van der Waals surface area contributed by atoms with E-state index >= 15 is 0 Å². The smallest absolute Gasteiger partial charge is 0 e. The van der Waals surface area contributed by atoms with E-state index in [1.165, 1.54) is 0 Å². The Kier molecular flexibility index (Phi) is 38.0. The van der Waals surface area contributed by atoms with Crippen molar-refractivity contribution in [3.63, 3.8) is 0 Å². The Morgan fingerprint density at radius 1 is 0.929 bits per heavy atom. The molecule has 0 heterocycles. The molecule has 0 aliphatic heterocycles. The van der Waals surface area contributed by atoms with Crippen LogP contribution in [-0.4, -0.2) is 103 Å². The average molecular weight is 604 g/mol. The van der Waals surface area contributed by atoms with Crippen molar-refractivity contribution in [3.05, 3.63) is 0 Å². The molecule has 0 bridgehead atoms. The molecule has 85 valence electrons. The Bertz CT molecular complexity index is 261. The van der Waals surface area contributed by atoms with Crippen LogP contribution in [0.4, 0.5) is 0 Å². The third-order valence-electron chi connectivity index (χ3n) is 0.172. The number of hydrogen-bond donors (Lipinski definition) is 2. The molecular formula is H2AgCuGaInLiO6S2Se. The van der Waals surface area contributed by atoms with Crippen LogP contribution in [0.3, 0.4) is 0 Å². The van der Waals surface area contributed by atoms with E-state index in [4.69, 9.17) is 9.11 Å². The van der Waals surface area contributed by atoms with Crippen molar-refractivity contribution in [3.8, 4) is 0 Å². The zero-order valence-electron chi connectivity index (χ0n) is 6.51. The van der Waals surface area contributed by atoms with Gasteiger partial charge in [0.15, 0.2) is 0 Å². The van der Waals surface area contributed by atoms with Gasteiger partial charge in [-0.05, 0) is 0 Å². The van der Waals surface area contributed by atoms with Crippen molar-refractivity contribution in [2.24, 2.45) is 0 Å². The maximum absolute atomic E-state index is 9.69. The normalized spacial score (nSPS) is 8.71. The summed E-state index contributed by atoms with van der Waals surface area (Å²) >= 11 is -2.19. The Morgan fingerprint density at radius 3 is 1.07 bits per heavy atom. The second-order valence-corrected chi connectivity index (χ2v) is 11.1. The first kappa shape index (κ1) is 36.1. The molecule has 0 spiro atoms. The summed E-state index contributed by atoms with van der Waals surface area (Å²) < 4.78 is 54.4. The zero-order valence-corrected chi connectivity index (χ0v) is 18.0. The predicted octanol–water partition coefficient (Wildman–Crippen LogP) is -2.85. The minimum absolute atomic E-state index is 0. The molecular weight excluding hydrogens is 602 g/mol. The van der Waals surface area contributed by atoms with E-state index in [9.17, 15) is 16.8 Å². The fourth-order valence-corrected chi connectivity index (χ4v) is 5.08. The molecule has 9 radical (unpaired) electrons. The maximum atomic E-state index is 9.69. The molecule has 0 rings (SSSR count). The molecule has 0 unspecified atom stereocenters. The van der Waals surface area contributed by atoms with Crippen LogP contribution in [0.2, 0.25) is 0 Å². The van der Waals surface area contributed by atoms with Crippen molar-refractivity contribution in [2.45, 2.75) is 0 Å². The Hall–Kier alpha value is 3.70. The van der Waals surface area contributed by atoms with E-state index in [0.717, 1.165) is 0 Å². The zero-order chi connectivity index (χ0) is 7.71. The Labute approximate surface area is 157 Å². The van der Waals surface area contributed by atoms with Gasteiger partial charge in [-0.1, -0.05) is 0 Å². The molecule has 14 heavy (non-hydrogen) atoms. The summed E-state index contributed by atoms with van der Waals surface area (Å²) in [5.74, 6) is 0. The minimum Gasteiger partial charge on any atom is 0 e. The Morgan fingerprint density at radius 2 is 1.07 bits per heavy atom. The van der Waals surface area contributed by atoms with Gasteiger partial charge in [0.2, 0.25) is 0 Å². The second-order valence-electron chi connectivity index (χ2n) is 0.924. The molecule has 0 saturated carbocycles. The summed E-state index contributed by atoms with van der Waals surface area (Å²) in [6.45, 7) is 0. The molecule has 0 atom stereocenters. The van der Waals surface area contributed by atoms with Gasteiger partial charge in [-0.25, -0.2) is 0 Å². The minimum atomic E-state index is -4.56. The SMILES string of the molecule is O=S(=O)(O)[Se]S(=O)(=O)O.[Ag].[Cu].[Ga].[In].[Li]. The summed E-state index contributed by atoms with van der Waals surface area (Å²) in [6.07, 6.45) is 0. The Balaban J connectivity index is -0.0000000320. The van der Waals surface area contributed by atoms with E-state index in [1.54, 1.807) is 0 Å². The molecule has 0 aromatic rings. The van der Waals surface area contributed by atoms with Gasteiger partial charge in [0.05, 0.1) is 0 Å². The van der Waals surface area contributed by atoms with E-state index < -0.39 is 29.8 Å². The summed E-state index contributed by atoms with van der Waals surface area (Å²) in [5.41, 5.74) is 0. The summed E-state index contributed by atoms with van der Waals surface area (Å²) in [5, 5.41) is 0. The van der Waals surface area contributed by atoms with Crippen molar-refractivity contribution in [1.82, 2.24) is 0 Å². The molecule has 14 heteroatoms. The summed E-state index contributed by atoms with van der Waals surface area (Å²) in [7, 11) is -9.11. The van der Waals surface area contributed by atoms with Gasteiger partial charge in [-0.15, -0.1) is 0 Å². The summed E-state index contributed by atoms with van der Waals surface area (Å²) in [6, 6.07) is 0. The van der Waals surface area contributed by atoms with Gasteiger partial charge in [0, 0.05) is 104 Å². The van der Waals surface area contributed by atoms with Gasteiger partial charge in [-0.3, -0.25) is 0 Å². The molecule has 2 N–H and O–H groups in total. The third kappa shape index (κ3) is 36.1. The fraction of sp³-hybridized carbons (Fsp3) is 0. The van der Waals surface area contributed by atoms with Gasteiger partial charge in [-0.2, -0.15) is 0 Å². The molecule has 0 aliphatic rings. The quantitative estimate of drug-likeness (QED) is 0.260. The van der Waals surface area contributed by atoms with Crippen LogP contribution in [0.15, 0.2) is 0 Å². The third-order valence-corrected chi connectivity index (χ3v) is 8.04. The van der Waals surface area contributed by atoms with Gasteiger partial charge in [0.1, 0.15) is 0 Å². The van der Waals surface area contributed by atoms with E-state index in [2.05, 4.69) is 0 Å². The van der Waals surface area contributed by atoms with Crippen molar-refractivity contribution in [1.29, 1.82) is 0 Å². The molecule has 0 aliphatic carbocycles. The molecule has 0 amide bonds. The molecule has 6 nitrogen and oxygen atoms in total. The maximum Gasteiger partial charge on any atom is 0 e. The van der Waals surface area contributed by atoms with Crippen LogP contribution in [0.25, 0.3) is 0 Å². The van der Waals surface area contributed by atoms with Gasteiger partial charge >= 0.3 is 55.7 Å². The van der Waals surface area contributed by atoms with Crippen molar-refractivity contribution < 1.29 is 65.4 Å².